The van der Waals surface area contributed by atoms with Gasteiger partial charge in [-0.1, -0.05) is 24.3 Å². The third-order valence-corrected chi connectivity index (χ3v) is 5.33. The Bertz CT molecular complexity index is 1190. The second-order valence-corrected chi connectivity index (χ2v) is 7.49. The fraction of sp³-hybridized carbons (Fsp3) is 0.333. The minimum Gasteiger partial charge on any atom is -0.378 e. The summed E-state index contributed by atoms with van der Waals surface area (Å²) in [6.07, 6.45) is -0.283. The minimum atomic E-state index is -2.94. The first-order valence-electron chi connectivity index (χ1n) is 9.69. The Morgan fingerprint density at radius 3 is 2.81 bits per heavy atom. The lowest BCUT2D eigenvalue weighted by atomic mass is 9.85. The number of benzene rings is 1. The number of nitrogens with two attached hydrogens (primary N) is 1. The van der Waals surface area contributed by atoms with Gasteiger partial charge in [0, 0.05) is 24.8 Å². The first-order valence-corrected chi connectivity index (χ1v) is 9.69. The number of hydrogen-bond donors (Lipinski definition) is 2. The molecular weight excluding hydrogens is 408 g/mol. The lowest BCUT2D eigenvalue weighted by Crippen LogP contribution is -2.35. The van der Waals surface area contributed by atoms with Gasteiger partial charge < -0.3 is 15.8 Å². The molecule has 2 aromatic heterocycles. The van der Waals surface area contributed by atoms with Crippen LogP contribution in [0.15, 0.2) is 30.3 Å². The summed E-state index contributed by atoms with van der Waals surface area (Å²) in [5, 5.41) is 7.12. The van der Waals surface area contributed by atoms with E-state index in [-0.39, 0.29) is 47.6 Å². The molecule has 1 atom stereocenters. The minimum absolute atomic E-state index is 0.00677. The molecule has 0 spiro atoms. The van der Waals surface area contributed by atoms with Crippen LogP contribution >= 0.6 is 0 Å². The summed E-state index contributed by atoms with van der Waals surface area (Å²) in [7, 11) is 1.44. The van der Waals surface area contributed by atoms with Gasteiger partial charge in [-0.3, -0.25) is 9.59 Å². The summed E-state index contributed by atoms with van der Waals surface area (Å²) in [4.78, 5) is 29.5. The zero-order valence-electron chi connectivity index (χ0n) is 17.0. The van der Waals surface area contributed by atoms with Crippen molar-refractivity contribution in [3.8, 4) is 0 Å². The molecule has 3 aromatic rings. The standard InChI is InChI=1S/C21H21F2N5O3/c1-11-9-16(28-19(25-11)17(18(24)29)15(27-28)10-31-2)20(30)26-14-7-8-21(22,23)13-6-4-3-5-12(13)14/h3-6,9,14H,7-8,10H2,1-2H3,(H2,24,29)(H,26,30). The maximum absolute atomic E-state index is 14.3. The van der Waals surface area contributed by atoms with Gasteiger partial charge in [0.05, 0.1) is 12.6 Å². The quantitative estimate of drug-likeness (QED) is 0.648. The van der Waals surface area contributed by atoms with Gasteiger partial charge in [0.2, 0.25) is 0 Å². The molecule has 162 valence electrons. The predicted octanol–water partition coefficient (Wildman–Crippen LogP) is 2.64. The molecule has 0 saturated carbocycles. The lowest BCUT2D eigenvalue weighted by molar-refractivity contribution is -0.0265. The molecular formula is C21H21F2N5O3. The van der Waals surface area contributed by atoms with E-state index in [2.05, 4.69) is 15.4 Å². The molecule has 4 rings (SSSR count). The molecule has 1 aliphatic carbocycles. The van der Waals surface area contributed by atoms with Crippen molar-refractivity contribution >= 4 is 17.5 Å². The van der Waals surface area contributed by atoms with Gasteiger partial charge in [0.1, 0.15) is 17.0 Å². The molecule has 8 nitrogen and oxygen atoms in total. The molecule has 0 saturated heterocycles. The van der Waals surface area contributed by atoms with Crippen LogP contribution in [0, 0.1) is 6.92 Å². The molecule has 0 bridgehead atoms. The molecule has 3 N–H and O–H groups in total. The predicted molar refractivity (Wildman–Crippen MR) is 107 cm³/mol. The van der Waals surface area contributed by atoms with E-state index in [1.165, 1.54) is 23.8 Å². The maximum atomic E-state index is 14.3. The average Bonchev–Trinajstić information content (AvgIpc) is 3.08. The topological polar surface area (TPSA) is 112 Å². The number of amides is 2. The number of nitrogens with one attached hydrogen (secondary N) is 1. The number of nitrogens with zero attached hydrogens (tertiary/aromatic N) is 3. The smallest absolute Gasteiger partial charge is 0.273 e. The Kier molecular flexibility index (Phi) is 5.18. The number of hydrogen-bond acceptors (Lipinski definition) is 5. The van der Waals surface area contributed by atoms with Crippen LogP contribution in [0.25, 0.3) is 5.65 Å². The summed E-state index contributed by atoms with van der Waals surface area (Å²) < 4.78 is 34.9. The second-order valence-electron chi connectivity index (χ2n) is 7.49. The van der Waals surface area contributed by atoms with E-state index in [0.717, 1.165) is 0 Å². The zero-order valence-corrected chi connectivity index (χ0v) is 17.0. The van der Waals surface area contributed by atoms with Gasteiger partial charge >= 0.3 is 0 Å². The van der Waals surface area contributed by atoms with Gasteiger partial charge in [-0.25, -0.2) is 18.3 Å². The van der Waals surface area contributed by atoms with Crippen LogP contribution in [-0.4, -0.2) is 33.5 Å². The molecule has 0 fully saturated rings. The van der Waals surface area contributed by atoms with Crippen LogP contribution in [0.1, 0.15) is 62.2 Å². The highest BCUT2D eigenvalue weighted by atomic mass is 19.3. The van der Waals surface area contributed by atoms with Gasteiger partial charge in [-0.05, 0) is 25.0 Å². The third kappa shape index (κ3) is 3.63. The van der Waals surface area contributed by atoms with Crippen LogP contribution < -0.4 is 11.1 Å². The van der Waals surface area contributed by atoms with Crippen LogP contribution in [-0.2, 0) is 17.3 Å². The van der Waals surface area contributed by atoms with Crippen molar-refractivity contribution in [3.63, 3.8) is 0 Å². The number of alkyl halides is 2. The van der Waals surface area contributed by atoms with Crippen molar-refractivity contribution in [2.75, 3.05) is 7.11 Å². The second kappa shape index (κ2) is 7.69. The number of fused-ring (bicyclic) bond motifs is 2. The fourth-order valence-corrected chi connectivity index (χ4v) is 3.97. The molecule has 0 radical (unpaired) electrons. The van der Waals surface area contributed by atoms with E-state index in [1.54, 1.807) is 25.1 Å². The number of carbonyl (C=O) groups is 2. The fourth-order valence-electron chi connectivity index (χ4n) is 3.97. The number of aromatic nitrogens is 3. The number of aryl methyl sites for hydroxylation is 1. The van der Waals surface area contributed by atoms with Gasteiger partial charge in [0.25, 0.3) is 17.7 Å². The molecule has 10 heteroatoms. The van der Waals surface area contributed by atoms with Gasteiger partial charge in [0.15, 0.2) is 5.65 Å². The van der Waals surface area contributed by atoms with Crippen molar-refractivity contribution in [2.24, 2.45) is 5.73 Å². The Morgan fingerprint density at radius 2 is 2.10 bits per heavy atom. The molecule has 2 amide bonds. The summed E-state index contributed by atoms with van der Waals surface area (Å²) >= 11 is 0. The molecule has 0 aliphatic heterocycles. The zero-order chi connectivity index (χ0) is 22.3. The average molecular weight is 429 g/mol. The SMILES string of the molecule is COCc1nn2c(C(=O)NC3CCC(F)(F)c4ccccc43)cc(C)nc2c1C(N)=O. The molecule has 31 heavy (non-hydrogen) atoms. The Labute approximate surface area is 176 Å². The third-order valence-electron chi connectivity index (χ3n) is 5.33. The molecule has 1 unspecified atom stereocenters. The van der Waals surface area contributed by atoms with Crippen molar-refractivity contribution < 1.29 is 23.1 Å². The number of rotatable bonds is 5. The largest absolute Gasteiger partial charge is 0.378 e. The first kappa shape index (κ1) is 20.9. The summed E-state index contributed by atoms with van der Waals surface area (Å²) in [5.74, 6) is -4.20. The number of methoxy groups -OCH3 is 1. The van der Waals surface area contributed by atoms with E-state index in [0.29, 0.717) is 11.3 Å². The van der Waals surface area contributed by atoms with Crippen LogP contribution in [0.4, 0.5) is 8.78 Å². The van der Waals surface area contributed by atoms with E-state index >= 15 is 0 Å². The van der Waals surface area contributed by atoms with Crippen LogP contribution in [0.5, 0.6) is 0 Å². The van der Waals surface area contributed by atoms with Crippen LogP contribution in [0.3, 0.4) is 0 Å². The Hall–Kier alpha value is -3.40. The van der Waals surface area contributed by atoms with Gasteiger partial charge in [-0.2, -0.15) is 5.10 Å². The van der Waals surface area contributed by atoms with Crippen molar-refractivity contribution in [1.82, 2.24) is 19.9 Å². The normalized spacial score (nSPS) is 17.4. The number of primary amides is 1. The highest BCUT2D eigenvalue weighted by molar-refractivity contribution is 6.01. The Morgan fingerprint density at radius 1 is 1.35 bits per heavy atom. The Balaban J connectivity index is 1.75. The maximum Gasteiger partial charge on any atom is 0.273 e. The summed E-state index contributed by atoms with van der Waals surface area (Å²) in [5.41, 5.74) is 6.85. The van der Waals surface area contributed by atoms with E-state index in [4.69, 9.17) is 10.5 Å². The first-order chi connectivity index (χ1) is 14.7. The van der Waals surface area contributed by atoms with Crippen molar-refractivity contribution in [2.45, 2.75) is 38.3 Å². The number of halogens is 2. The van der Waals surface area contributed by atoms with Gasteiger partial charge in [-0.15, -0.1) is 0 Å². The van der Waals surface area contributed by atoms with E-state index < -0.39 is 23.8 Å². The number of carbonyl (C=O) groups excluding carboxylic acids is 2. The van der Waals surface area contributed by atoms with E-state index in [1.807, 2.05) is 0 Å². The summed E-state index contributed by atoms with van der Waals surface area (Å²) in [6, 6.07) is 7.12. The lowest BCUT2D eigenvalue weighted by Gasteiger charge is -2.31. The number of ether oxygens (including phenoxy) is 1. The molecule has 2 heterocycles. The molecule has 1 aliphatic rings. The van der Waals surface area contributed by atoms with Crippen molar-refractivity contribution in [1.29, 1.82) is 0 Å². The van der Waals surface area contributed by atoms with E-state index in [9.17, 15) is 18.4 Å². The van der Waals surface area contributed by atoms with Crippen LogP contribution in [0.2, 0.25) is 0 Å². The monoisotopic (exact) mass is 429 g/mol. The van der Waals surface area contributed by atoms with Crippen molar-refractivity contribution in [3.05, 3.63) is 64.1 Å². The highest BCUT2D eigenvalue weighted by Gasteiger charge is 2.40. The molecule has 1 aromatic carbocycles. The summed E-state index contributed by atoms with van der Waals surface area (Å²) in [6.45, 7) is 1.67. The highest BCUT2D eigenvalue weighted by Crippen LogP contribution is 2.44.